The van der Waals surface area contributed by atoms with Gasteiger partial charge in [0, 0.05) is 23.0 Å². The number of hydrogen-bond acceptors (Lipinski definition) is 5. The molecule has 8 aromatic rings. The predicted octanol–water partition coefficient (Wildman–Crippen LogP) is 18.7. The molecule has 450 valence electrons. The van der Waals surface area contributed by atoms with E-state index in [-0.39, 0.29) is 20.6 Å². The first kappa shape index (κ1) is 74.0. The van der Waals surface area contributed by atoms with Gasteiger partial charge in [-0.05, 0) is 261 Å². The molecule has 8 aromatic carbocycles. The number of carbonyl (C=O) groups excluding carboxylic acids is 2. The molecule has 0 spiro atoms. The molecular formula is C79H98INO4. The third kappa shape index (κ3) is 29.1. The fraction of sp³-hybridized carbons (Fsp3) is 0.291. The van der Waals surface area contributed by atoms with Crippen LogP contribution in [0.5, 0.6) is 0 Å². The molecule has 0 saturated heterocycles. The van der Waals surface area contributed by atoms with Crippen LogP contribution in [0.25, 0.3) is 24.3 Å². The lowest BCUT2D eigenvalue weighted by Gasteiger charge is -2.10. The van der Waals surface area contributed by atoms with Crippen LogP contribution in [0, 0.1) is 59.0 Å². The van der Waals surface area contributed by atoms with Crippen LogP contribution in [0.15, 0.2) is 183 Å². The van der Waals surface area contributed by atoms with Crippen molar-refractivity contribution >= 4 is 59.5 Å². The van der Waals surface area contributed by atoms with E-state index >= 15 is 0 Å². The molecule has 0 saturated carbocycles. The molecular weight excluding hydrogens is 1150 g/mol. The summed E-state index contributed by atoms with van der Waals surface area (Å²) in [5, 5.41) is 15.3. The first-order chi connectivity index (χ1) is 40.6. The van der Waals surface area contributed by atoms with E-state index in [2.05, 4.69) is 273 Å². The zero-order valence-electron chi connectivity index (χ0n) is 51.8. The van der Waals surface area contributed by atoms with Gasteiger partial charge in [0.05, 0.1) is 6.61 Å². The normalized spacial score (nSPS) is 10.3. The van der Waals surface area contributed by atoms with E-state index in [1.165, 1.54) is 115 Å². The molecule has 8 rings (SSSR count). The molecule has 0 aliphatic heterocycles. The Morgan fingerprint density at radius 1 is 0.424 bits per heavy atom. The van der Waals surface area contributed by atoms with Crippen LogP contribution >= 0.6 is 22.6 Å². The lowest BCUT2D eigenvalue weighted by atomic mass is 9.95. The third-order valence-electron chi connectivity index (χ3n) is 14.3. The third-order valence-corrected chi connectivity index (χ3v) is 14.9. The number of aldehydes is 2. The fourth-order valence-electron chi connectivity index (χ4n) is 9.67. The summed E-state index contributed by atoms with van der Waals surface area (Å²) in [5.74, 6) is 0. The predicted molar refractivity (Wildman–Crippen MR) is 378 cm³/mol. The molecule has 0 aliphatic rings. The van der Waals surface area contributed by atoms with Crippen molar-refractivity contribution in [1.82, 2.24) is 0 Å². The van der Waals surface area contributed by atoms with Crippen LogP contribution in [0.4, 0.5) is 0 Å². The Morgan fingerprint density at radius 2 is 0.729 bits per heavy atom. The topological polar surface area (TPSA) is 101 Å². The van der Waals surface area contributed by atoms with E-state index < -0.39 is 0 Å². The highest BCUT2D eigenvalue weighted by molar-refractivity contribution is 14.1. The number of aliphatic hydroxyl groups is 2. The number of carbonyl (C=O) groups is 2. The number of benzene rings is 8. The molecule has 0 fully saturated rings. The van der Waals surface area contributed by atoms with Gasteiger partial charge in [-0.3, -0.25) is 0 Å². The van der Waals surface area contributed by atoms with Gasteiger partial charge in [-0.25, -0.2) is 0 Å². The standard InChI is InChI=1S/C19H25N.C19H22O.C19H20O.C16H15I.C3H6O.C2H6O.CH4/c3*1-15-6-3-7-16(2)19(15)12-11-18-9-4-8-17(14-18)10-5-13-20;1-12-5-3-6-13(2)16(12)10-9-14-7-4-8-15(17)11-14;1-2-3-4;1-2-3;/h3-4,6-9,14H,5,10-13,20H2,1-2H3;3-4,6-9,13-14H,5,10-12H2,1-2H3;3-4,6-9,11-14H,5,10H2,1-2H3;3-11H,1-2H3;2,4H,1,3H2;3H,2H2,1H3;1H4/b;;12-11+;10-9+;;;. The second kappa shape index (κ2) is 43.5. The van der Waals surface area contributed by atoms with Crippen LogP contribution < -0.4 is 5.73 Å². The summed E-state index contributed by atoms with van der Waals surface area (Å²) >= 11 is 2.34. The molecule has 0 heterocycles. The molecule has 0 bridgehead atoms. The summed E-state index contributed by atoms with van der Waals surface area (Å²) in [4.78, 5) is 20.9. The quantitative estimate of drug-likeness (QED) is 0.0305. The molecule has 85 heavy (non-hydrogen) atoms. The van der Waals surface area contributed by atoms with E-state index in [9.17, 15) is 9.59 Å². The van der Waals surface area contributed by atoms with Crippen LogP contribution in [0.2, 0.25) is 0 Å². The minimum absolute atomic E-state index is 0. The average molecular weight is 1250 g/mol. The van der Waals surface area contributed by atoms with Crippen molar-refractivity contribution in [3.05, 3.63) is 292 Å². The van der Waals surface area contributed by atoms with Crippen LogP contribution in [-0.4, -0.2) is 42.5 Å². The SMILES string of the molecule is C.C=CCO.CCO.Cc1cccc(C)c1/C=C/c1cccc(CCC=O)c1.Cc1cccc(C)c1/C=C/c1cccc(I)c1.Cc1cccc(C)c1CCc1cccc(CCC=O)c1.Cc1cccc(C)c1CCc1cccc(CCCN)c1. The van der Waals surface area contributed by atoms with E-state index in [0.29, 0.717) is 12.8 Å². The molecule has 0 aromatic heterocycles. The molecule has 0 amide bonds. The Balaban J connectivity index is 0.000000371. The maximum absolute atomic E-state index is 10.4. The summed E-state index contributed by atoms with van der Waals surface area (Å²) in [6.07, 6.45) is 21.5. The van der Waals surface area contributed by atoms with Gasteiger partial charge < -0.3 is 25.5 Å². The van der Waals surface area contributed by atoms with E-state index in [1.807, 2.05) is 6.07 Å². The smallest absolute Gasteiger partial charge is 0.120 e. The number of hydrogen-bond donors (Lipinski definition) is 3. The van der Waals surface area contributed by atoms with Gasteiger partial charge in [0.15, 0.2) is 0 Å². The summed E-state index contributed by atoms with van der Waals surface area (Å²) in [6, 6.07) is 60.2. The largest absolute Gasteiger partial charge is 0.397 e. The lowest BCUT2D eigenvalue weighted by Crippen LogP contribution is -2.01. The van der Waals surface area contributed by atoms with Crippen molar-refractivity contribution in [2.45, 2.75) is 134 Å². The number of aliphatic hydroxyl groups excluding tert-OH is 2. The Labute approximate surface area is 527 Å². The van der Waals surface area contributed by atoms with Crippen molar-refractivity contribution < 1.29 is 19.8 Å². The molecule has 0 radical (unpaired) electrons. The number of rotatable bonds is 20. The second-order valence-electron chi connectivity index (χ2n) is 21.0. The Hall–Kier alpha value is -7.07. The molecule has 0 atom stereocenters. The molecule has 0 aliphatic carbocycles. The van der Waals surface area contributed by atoms with Gasteiger partial charge in [0.1, 0.15) is 12.6 Å². The molecule has 6 heteroatoms. The molecule has 0 unspecified atom stereocenters. The van der Waals surface area contributed by atoms with Crippen molar-refractivity contribution in [3.63, 3.8) is 0 Å². The van der Waals surface area contributed by atoms with Crippen molar-refractivity contribution in [2.24, 2.45) is 5.73 Å². The zero-order chi connectivity index (χ0) is 61.5. The summed E-state index contributed by atoms with van der Waals surface area (Å²) in [7, 11) is 0. The van der Waals surface area contributed by atoms with Crippen molar-refractivity contribution in [2.75, 3.05) is 19.8 Å². The second-order valence-corrected chi connectivity index (χ2v) is 22.3. The zero-order valence-corrected chi connectivity index (χ0v) is 53.9. The highest BCUT2D eigenvalue weighted by Gasteiger charge is 2.06. The first-order valence-corrected chi connectivity index (χ1v) is 30.7. The highest BCUT2D eigenvalue weighted by atomic mass is 127. The Bertz CT molecular complexity index is 3190. The monoisotopic (exact) mass is 1250 g/mol. The number of nitrogens with two attached hydrogens (primary N) is 1. The fourth-order valence-corrected chi connectivity index (χ4v) is 10.2. The van der Waals surface area contributed by atoms with Crippen LogP contribution in [0.1, 0.15) is 139 Å². The van der Waals surface area contributed by atoms with E-state index in [4.69, 9.17) is 15.9 Å². The Kier molecular flexibility index (Phi) is 37.9. The van der Waals surface area contributed by atoms with Gasteiger partial charge in [-0.15, -0.1) is 6.58 Å². The van der Waals surface area contributed by atoms with Crippen molar-refractivity contribution in [1.29, 1.82) is 0 Å². The minimum atomic E-state index is 0. The van der Waals surface area contributed by atoms with Gasteiger partial charge in [-0.1, -0.05) is 196 Å². The molecule has 5 nitrogen and oxygen atoms in total. The average Bonchev–Trinajstić information content (AvgIpc) is 3.68. The van der Waals surface area contributed by atoms with Gasteiger partial charge in [0.25, 0.3) is 0 Å². The maximum Gasteiger partial charge on any atom is 0.120 e. The summed E-state index contributed by atoms with van der Waals surface area (Å²) < 4.78 is 1.27. The van der Waals surface area contributed by atoms with Gasteiger partial charge in [0.2, 0.25) is 0 Å². The number of halogens is 1. The summed E-state index contributed by atoms with van der Waals surface area (Å²) in [6.45, 7) is 23.4. The van der Waals surface area contributed by atoms with E-state index in [1.54, 1.807) is 6.92 Å². The number of aryl methyl sites for hydroxylation is 13. The van der Waals surface area contributed by atoms with Crippen LogP contribution in [0.3, 0.4) is 0 Å². The van der Waals surface area contributed by atoms with Gasteiger partial charge >= 0.3 is 0 Å². The summed E-state index contributed by atoms with van der Waals surface area (Å²) in [5.41, 5.74) is 31.1. The minimum Gasteiger partial charge on any atom is -0.397 e. The molecule has 4 N–H and O–H groups in total. The van der Waals surface area contributed by atoms with Crippen molar-refractivity contribution in [3.8, 4) is 0 Å². The maximum atomic E-state index is 10.4. The first-order valence-electron chi connectivity index (χ1n) is 29.6. The lowest BCUT2D eigenvalue weighted by molar-refractivity contribution is -0.108. The van der Waals surface area contributed by atoms with Crippen LogP contribution in [-0.2, 0) is 54.5 Å². The van der Waals surface area contributed by atoms with Gasteiger partial charge in [-0.2, -0.15) is 0 Å². The Morgan fingerprint density at radius 3 is 1.08 bits per heavy atom. The van der Waals surface area contributed by atoms with E-state index in [0.717, 1.165) is 70.5 Å². The highest BCUT2D eigenvalue weighted by Crippen LogP contribution is 2.22.